The van der Waals surface area contributed by atoms with Crippen LogP contribution in [0.4, 0.5) is 0 Å². The van der Waals surface area contributed by atoms with Gasteiger partial charge in [0.05, 0.1) is 4.61 Å². The Morgan fingerprint density at radius 2 is 2.47 bits per heavy atom. The molecule has 4 nitrogen and oxygen atoms in total. The predicted octanol–water partition coefficient (Wildman–Crippen LogP) is 1.76. The van der Waals surface area contributed by atoms with Crippen molar-refractivity contribution in [1.82, 2.24) is 20.1 Å². The molecule has 77 valence electrons. The molecular formula is C10H10BrN4. The number of nitrogens with zero attached hydrogens (tertiary/aromatic N) is 3. The average molecular weight is 266 g/mol. The van der Waals surface area contributed by atoms with Gasteiger partial charge in [-0.1, -0.05) is 12.2 Å². The molecule has 0 unspecified atom stereocenters. The van der Waals surface area contributed by atoms with Crippen LogP contribution in [0.5, 0.6) is 0 Å². The van der Waals surface area contributed by atoms with Crippen LogP contribution in [0.25, 0.3) is 0 Å². The maximum atomic E-state index is 4.00. The first-order valence-electron chi connectivity index (χ1n) is 4.51. The highest BCUT2D eigenvalue weighted by molar-refractivity contribution is 9.11. The van der Waals surface area contributed by atoms with Crippen molar-refractivity contribution in [3.8, 4) is 0 Å². The molecule has 1 aliphatic rings. The lowest BCUT2D eigenvalue weighted by Crippen LogP contribution is -2.10. The van der Waals surface area contributed by atoms with E-state index >= 15 is 0 Å². The number of dihydropyridines is 1. The second-order valence-corrected chi connectivity index (χ2v) is 3.83. The quantitative estimate of drug-likeness (QED) is 0.848. The second kappa shape index (κ2) is 4.93. The molecule has 0 saturated heterocycles. The standard InChI is InChI=1S/C10H10BrN4/c11-10-5-1-3-9(14-10)4-2-6-15-8-12-7-13-15/h1-5,7-8,14H,6H2. The van der Waals surface area contributed by atoms with Crippen LogP contribution in [0, 0.1) is 6.42 Å². The fourth-order valence-electron chi connectivity index (χ4n) is 1.17. The summed E-state index contributed by atoms with van der Waals surface area (Å²) in [6.07, 6.45) is 13.2. The highest BCUT2D eigenvalue weighted by Gasteiger charge is 1.98. The van der Waals surface area contributed by atoms with E-state index in [1.165, 1.54) is 6.33 Å². The summed E-state index contributed by atoms with van der Waals surface area (Å²) in [5, 5.41) is 7.17. The zero-order valence-corrected chi connectivity index (χ0v) is 9.55. The maximum absolute atomic E-state index is 4.00. The molecule has 0 fully saturated rings. The number of nitrogens with one attached hydrogen (secondary N) is 1. The summed E-state index contributed by atoms with van der Waals surface area (Å²) in [6.45, 7) is 0.723. The van der Waals surface area contributed by atoms with Gasteiger partial charge in [0.25, 0.3) is 0 Å². The third-order valence-electron chi connectivity index (χ3n) is 1.84. The zero-order chi connectivity index (χ0) is 10.5. The van der Waals surface area contributed by atoms with Crippen LogP contribution < -0.4 is 5.32 Å². The van der Waals surface area contributed by atoms with Gasteiger partial charge in [0.2, 0.25) is 0 Å². The van der Waals surface area contributed by atoms with Gasteiger partial charge in [-0.25, -0.2) is 4.98 Å². The Bertz CT molecular complexity index is 403. The molecular weight excluding hydrogens is 256 g/mol. The van der Waals surface area contributed by atoms with Gasteiger partial charge in [-0.2, -0.15) is 5.10 Å². The van der Waals surface area contributed by atoms with E-state index in [0.29, 0.717) is 0 Å². The molecule has 1 radical (unpaired) electrons. The van der Waals surface area contributed by atoms with Crippen LogP contribution in [0.2, 0.25) is 0 Å². The van der Waals surface area contributed by atoms with Gasteiger partial charge < -0.3 is 5.32 Å². The van der Waals surface area contributed by atoms with Crippen molar-refractivity contribution in [1.29, 1.82) is 0 Å². The highest BCUT2D eigenvalue weighted by Crippen LogP contribution is 2.10. The summed E-state index contributed by atoms with van der Waals surface area (Å²) in [5.74, 6) is 0. The Morgan fingerprint density at radius 1 is 1.53 bits per heavy atom. The molecule has 0 aliphatic carbocycles. The van der Waals surface area contributed by atoms with Crippen LogP contribution >= 0.6 is 15.9 Å². The lowest BCUT2D eigenvalue weighted by atomic mass is 10.2. The van der Waals surface area contributed by atoms with Crippen molar-refractivity contribution in [2.45, 2.75) is 6.54 Å². The summed E-state index contributed by atoms with van der Waals surface area (Å²) in [5.41, 5.74) is 1.05. The minimum absolute atomic E-state index is 0.723. The number of hydrogen-bond acceptors (Lipinski definition) is 3. The molecule has 0 saturated carbocycles. The Hall–Kier alpha value is -1.36. The topological polar surface area (TPSA) is 42.7 Å². The molecule has 0 amide bonds. The van der Waals surface area contributed by atoms with E-state index in [-0.39, 0.29) is 0 Å². The van der Waals surface area contributed by atoms with E-state index < -0.39 is 0 Å². The number of aromatic nitrogens is 3. The molecule has 5 heteroatoms. The van der Waals surface area contributed by atoms with Gasteiger partial charge in [-0.05, 0) is 28.1 Å². The SMILES string of the molecule is BrC1=CC=CC(=C[CH]Cn2cncn2)N1. The second-order valence-electron chi connectivity index (χ2n) is 2.97. The van der Waals surface area contributed by atoms with Crippen molar-refractivity contribution >= 4 is 15.9 Å². The molecule has 1 aromatic rings. The summed E-state index contributed by atoms with van der Waals surface area (Å²) in [7, 11) is 0. The van der Waals surface area contributed by atoms with E-state index in [0.717, 1.165) is 16.8 Å². The van der Waals surface area contributed by atoms with E-state index in [2.05, 4.69) is 31.3 Å². The summed E-state index contributed by atoms with van der Waals surface area (Å²) < 4.78 is 2.72. The zero-order valence-electron chi connectivity index (χ0n) is 7.97. The van der Waals surface area contributed by atoms with Crippen LogP contribution in [0.15, 0.2) is 47.3 Å². The highest BCUT2D eigenvalue weighted by atomic mass is 79.9. The van der Waals surface area contributed by atoms with Crippen molar-refractivity contribution in [2.75, 3.05) is 0 Å². The molecule has 0 bridgehead atoms. The Morgan fingerprint density at radius 3 is 3.20 bits per heavy atom. The first kappa shape index (κ1) is 10.2. The first-order valence-corrected chi connectivity index (χ1v) is 5.31. The average Bonchev–Trinajstić information content (AvgIpc) is 2.71. The summed E-state index contributed by atoms with van der Waals surface area (Å²) >= 11 is 3.38. The molecule has 0 atom stereocenters. The largest absolute Gasteiger partial charge is 0.350 e. The lowest BCUT2D eigenvalue weighted by Gasteiger charge is -2.09. The third kappa shape index (κ3) is 3.06. The molecule has 2 rings (SSSR count). The van der Waals surface area contributed by atoms with Crippen LogP contribution in [0.1, 0.15) is 0 Å². The summed E-state index contributed by atoms with van der Waals surface area (Å²) in [4.78, 5) is 3.86. The van der Waals surface area contributed by atoms with E-state index in [1.807, 2.05) is 30.7 Å². The monoisotopic (exact) mass is 265 g/mol. The van der Waals surface area contributed by atoms with Gasteiger partial charge in [0, 0.05) is 18.7 Å². The number of allylic oxidation sites excluding steroid dienone is 4. The fraction of sp³-hybridized carbons (Fsp3) is 0.100. The third-order valence-corrected chi connectivity index (χ3v) is 2.30. The van der Waals surface area contributed by atoms with Gasteiger partial charge in [0.15, 0.2) is 0 Å². The van der Waals surface area contributed by atoms with E-state index in [9.17, 15) is 0 Å². The maximum Gasteiger partial charge on any atom is 0.137 e. The summed E-state index contributed by atoms with van der Waals surface area (Å²) in [6, 6.07) is 0. The predicted molar refractivity (Wildman–Crippen MR) is 61.7 cm³/mol. The minimum atomic E-state index is 0.723. The Balaban J connectivity index is 1.85. The van der Waals surface area contributed by atoms with Gasteiger partial charge >= 0.3 is 0 Å². The molecule has 15 heavy (non-hydrogen) atoms. The fourth-order valence-corrected chi connectivity index (χ4v) is 1.55. The number of hydrogen-bond donors (Lipinski definition) is 1. The normalized spacial score (nSPS) is 17.7. The van der Waals surface area contributed by atoms with Crippen molar-refractivity contribution in [3.63, 3.8) is 0 Å². The Kier molecular flexibility index (Phi) is 3.34. The molecule has 0 spiro atoms. The molecule has 1 aliphatic heterocycles. The molecule has 2 heterocycles. The van der Waals surface area contributed by atoms with E-state index in [4.69, 9.17) is 0 Å². The van der Waals surface area contributed by atoms with Gasteiger partial charge in [-0.3, -0.25) is 4.68 Å². The van der Waals surface area contributed by atoms with Gasteiger partial charge in [0.1, 0.15) is 12.7 Å². The number of halogens is 1. The van der Waals surface area contributed by atoms with Crippen molar-refractivity contribution in [3.05, 3.63) is 53.7 Å². The van der Waals surface area contributed by atoms with Crippen molar-refractivity contribution < 1.29 is 0 Å². The molecule has 1 aromatic heterocycles. The van der Waals surface area contributed by atoms with Gasteiger partial charge in [-0.15, -0.1) is 0 Å². The van der Waals surface area contributed by atoms with Crippen LogP contribution in [-0.2, 0) is 6.54 Å². The number of rotatable bonds is 3. The van der Waals surface area contributed by atoms with E-state index in [1.54, 1.807) is 11.0 Å². The Labute approximate surface area is 96.5 Å². The van der Waals surface area contributed by atoms with Crippen molar-refractivity contribution in [2.24, 2.45) is 0 Å². The lowest BCUT2D eigenvalue weighted by molar-refractivity contribution is 0.680. The molecule has 1 N–H and O–H groups in total. The van der Waals surface area contributed by atoms with Crippen LogP contribution in [0.3, 0.4) is 0 Å². The minimum Gasteiger partial charge on any atom is -0.350 e. The molecule has 0 aromatic carbocycles. The smallest absolute Gasteiger partial charge is 0.137 e. The van der Waals surface area contributed by atoms with Crippen LogP contribution in [-0.4, -0.2) is 14.8 Å². The first-order chi connectivity index (χ1) is 7.34.